The molecule has 4 heteroatoms. The quantitative estimate of drug-likeness (QED) is 0.834. The van der Waals surface area contributed by atoms with Gasteiger partial charge in [0.1, 0.15) is 0 Å². The average molecular weight is 311 g/mol. The van der Waals surface area contributed by atoms with Crippen LogP contribution in [0.5, 0.6) is 0 Å². The molecule has 1 nitrogen and oxygen atoms in total. The van der Waals surface area contributed by atoms with Gasteiger partial charge >= 0.3 is 0 Å². The lowest BCUT2D eigenvalue weighted by molar-refractivity contribution is 0.659. The molecule has 0 saturated carbocycles. The first-order chi connectivity index (χ1) is 5.77. The van der Waals surface area contributed by atoms with Crippen molar-refractivity contribution in [1.82, 2.24) is 5.32 Å². The lowest BCUT2D eigenvalue weighted by Gasteiger charge is -2.05. The molecule has 0 aromatic carbocycles. The van der Waals surface area contributed by atoms with Crippen molar-refractivity contribution in [2.75, 3.05) is 6.54 Å². The molecular weight excluding hydrogens is 302 g/mol. The monoisotopic (exact) mass is 309 g/mol. The minimum absolute atomic E-state index is 0.595. The van der Waals surface area contributed by atoms with Gasteiger partial charge in [-0.05, 0) is 57.3 Å². The highest BCUT2D eigenvalue weighted by Crippen LogP contribution is 2.37. The van der Waals surface area contributed by atoms with E-state index in [1.165, 1.54) is 26.0 Å². The van der Waals surface area contributed by atoms with Gasteiger partial charge < -0.3 is 5.32 Å². The van der Waals surface area contributed by atoms with Crippen LogP contribution >= 0.6 is 43.2 Å². The van der Waals surface area contributed by atoms with E-state index in [4.69, 9.17) is 0 Å². The van der Waals surface area contributed by atoms with Crippen molar-refractivity contribution in [3.63, 3.8) is 0 Å². The van der Waals surface area contributed by atoms with Crippen LogP contribution in [0.3, 0.4) is 0 Å². The summed E-state index contributed by atoms with van der Waals surface area (Å²) in [5.74, 6) is 0. The maximum atomic E-state index is 3.51. The summed E-state index contributed by atoms with van der Waals surface area (Å²) in [6, 6.07) is 2.80. The molecule has 1 saturated heterocycles. The lowest BCUT2D eigenvalue weighted by Crippen LogP contribution is -2.11. The molecule has 1 fully saturated rings. The molecular formula is C8H9Br2NS. The third-order valence-corrected chi connectivity index (χ3v) is 5.44. The van der Waals surface area contributed by atoms with Crippen LogP contribution in [0, 0.1) is 0 Å². The number of nitrogens with one attached hydrogen (secondary N) is 1. The molecule has 1 atom stereocenters. The number of thiophene rings is 1. The Morgan fingerprint density at radius 3 is 2.83 bits per heavy atom. The summed E-state index contributed by atoms with van der Waals surface area (Å²) in [5.41, 5.74) is 0. The second-order valence-electron chi connectivity index (χ2n) is 2.92. The zero-order valence-electron chi connectivity index (χ0n) is 6.44. The van der Waals surface area contributed by atoms with Crippen molar-refractivity contribution in [1.29, 1.82) is 0 Å². The standard InChI is InChI=1S/C8H9Br2NS/c9-5-4-7(12-8(5)10)6-2-1-3-11-6/h4,6,11H,1-3H2. The summed E-state index contributed by atoms with van der Waals surface area (Å²) in [5, 5.41) is 3.48. The minimum atomic E-state index is 0.595. The van der Waals surface area contributed by atoms with E-state index in [-0.39, 0.29) is 0 Å². The molecule has 0 radical (unpaired) electrons. The molecule has 0 spiro atoms. The SMILES string of the molecule is Brc1cc(C2CCCN2)sc1Br. The molecule has 2 rings (SSSR count). The van der Waals surface area contributed by atoms with E-state index in [1.54, 1.807) is 0 Å². The van der Waals surface area contributed by atoms with Gasteiger partial charge in [0.15, 0.2) is 0 Å². The van der Waals surface area contributed by atoms with Gasteiger partial charge in [-0.1, -0.05) is 0 Å². The molecule has 1 unspecified atom stereocenters. The van der Waals surface area contributed by atoms with Crippen LogP contribution < -0.4 is 5.32 Å². The molecule has 2 heterocycles. The van der Waals surface area contributed by atoms with Gasteiger partial charge in [0, 0.05) is 15.4 Å². The molecule has 0 amide bonds. The van der Waals surface area contributed by atoms with E-state index in [1.807, 2.05) is 11.3 Å². The first-order valence-corrected chi connectivity index (χ1v) is 6.36. The second-order valence-corrected chi connectivity index (χ2v) is 6.18. The highest BCUT2D eigenvalue weighted by Gasteiger charge is 2.18. The molecule has 1 aromatic heterocycles. The molecule has 0 bridgehead atoms. The van der Waals surface area contributed by atoms with Crippen LogP contribution in [0.1, 0.15) is 23.8 Å². The van der Waals surface area contributed by atoms with Crippen molar-refractivity contribution >= 4 is 43.2 Å². The van der Waals surface area contributed by atoms with Gasteiger partial charge in [-0.3, -0.25) is 0 Å². The molecule has 66 valence electrons. The Balaban J connectivity index is 2.21. The van der Waals surface area contributed by atoms with E-state index in [0.717, 1.165) is 6.54 Å². The number of rotatable bonds is 1. The number of hydrogen-bond acceptors (Lipinski definition) is 2. The Morgan fingerprint density at radius 2 is 2.33 bits per heavy atom. The fourth-order valence-corrected chi connectivity index (χ4v) is 3.66. The largest absolute Gasteiger partial charge is 0.309 e. The lowest BCUT2D eigenvalue weighted by atomic mass is 10.2. The summed E-state index contributed by atoms with van der Waals surface area (Å²) >= 11 is 8.82. The summed E-state index contributed by atoms with van der Waals surface area (Å²) in [6.07, 6.45) is 2.58. The maximum Gasteiger partial charge on any atom is 0.0843 e. The van der Waals surface area contributed by atoms with Crippen molar-refractivity contribution < 1.29 is 0 Å². The van der Waals surface area contributed by atoms with Gasteiger partial charge in [-0.2, -0.15) is 0 Å². The van der Waals surface area contributed by atoms with Crippen molar-refractivity contribution in [2.45, 2.75) is 18.9 Å². The van der Waals surface area contributed by atoms with Crippen LogP contribution in [0.25, 0.3) is 0 Å². The summed E-state index contributed by atoms with van der Waals surface area (Å²) in [4.78, 5) is 1.44. The van der Waals surface area contributed by atoms with E-state index < -0.39 is 0 Å². The number of hydrogen-bond donors (Lipinski definition) is 1. The van der Waals surface area contributed by atoms with Crippen LogP contribution in [0.2, 0.25) is 0 Å². The van der Waals surface area contributed by atoms with Gasteiger partial charge in [0.2, 0.25) is 0 Å². The van der Waals surface area contributed by atoms with Gasteiger partial charge in [-0.15, -0.1) is 11.3 Å². The molecule has 1 N–H and O–H groups in total. The fraction of sp³-hybridized carbons (Fsp3) is 0.500. The van der Waals surface area contributed by atoms with Crippen molar-refractivity contribution in [3.05, 3.63) is 19.2 Å². The van der Waals surface area contributed by atoms with Gasteiger partial charge in [0.05, 0.1) is 3.79 Å². The second kappa shape index (κ2) is 3.78. The number of halogens is 2. The van der Waals surface area contributed by atoms with E-state index in [2.05, 4.69) is 43.2 Å². The average Bonchev–Trinajstić information content (AvgIpc) is 2.61. The van der Waals surface area contributed by atoms with Crippen molar-refractivity contribution in [2.24, 2.45) is 0 Å². The van der Waals surface area contributed by atoms with Crippen LogP contribution in [-0.4, -0.2) is 6.54 Å². The third kappa shape index (κ3) is 1.76. The highest BCUT2D eigenvalue weighted by molar-refractivity contribution is 9.13. The Morgan fingerprint density at radius 1 is 1.50 bits per heavy atom. The predicted octanol–water partition coefficient (Wildman–Crippen LogP) is 3.70. The molecule has 0 aliphatic carbocycles. The Bertz CT molecular complexity index is 259. The zero-order valence-corrected chi connectivity index (χ0v) is 10.4. The minimum Gasteiger partial charge on any atom is -0.309 e. The normalized spacial score (nSPS) is 23.3. The Hall–Kier alpha value is 0.620. The van der Waals surface area contributed by atoms with Crippen LogP contribution in [0.15, 0.2) is 14.3 Å². The Labute approximate surface area is 92.8 Å². The third-order valence-electron chi connectivity index (χ3n) is 2.07. The molecule has 1 aliphatic heterocycles. The van der Waals surface area contributed by atoms with Gasteiger partial charge in [0.25, 0.3) is 0 Å². The van der Waals surface area contributed by atoms with E-state index in [0.29, 0.717) is 6.04 Å². The van der Waals surface area contributed by atoms with Crippen LogP contribution in [-0.2, 0) is 0 Å². The molecule has 12 heavy (non-hydrogen) atoms. The van der Waals surface area contributed by atoms with Crippen molar-refractivity contribution in [3.8, 4) is 0 Å². The summed E-state index contributed by atoms with van der Waals surface area (Å²) in [7, 11) is 0. The zero-order chi connectivity index (χ0) is 8.55. The Kier molecular flexibility index (Phi) is 2.89. The first-order valence-electron chi connectivity index (χ1n) is 3.95. The highest BCUT2D eigenvalue weighted by atomic mass is 79.9. The van der Waals surface area contributed by atoms with Gasteiger partial charge in [-0.25, -0.2) is 0 Å². The summed E-state index contributed by atoms with van der Waals surface area (Å²) in [6.45, 7) is 1.16. The maximum absolute atomic E-state index is 3.51. The predicted molar refractivity (Wildman–Crippen MR) is 59.7 cm³/mol. The summed E-state index contributed by atoms with van der Waals surface area (Å²) < 4.78 is 2.38. The molecule has 1 aromatic rings. The first kappa shape index (κ1) is 9.19. The van der Waals surface area contributed by atoms with E-state index in [9.17, 15) is 0 Å². The van der Waals surface area contributed by atoms with Crippen LogP contribution in [0.4, 0.5) is 0 Å². The smallest absolute Gasteiger partial charge is 0.0843 e. The molecule has 1 aliphatic rings. The topological polar surface area (TPSA) is 12.0 Å². The van der Waals surface area contributed by atoms with E-state index >= 15 is 0 Å². The fourth-order valence-electron chi connectivity index (χ4n) is 1.46.